The minimum atomic E-state index is -0.239. The van der Waals surface area contributed by atoms with Crippen LogP contribution in [0.3, 0.4) is 0 Å². The van der Waals surface area contributed by atoms with Crippen LogP contribution in [0.5, 0.6) is 0 Å². The number of carbonyl (C=O) groups excluding carboxylic acids is 3. The SMILES string of the molecule is COC(=O)CCCSc1nc2ccc3c(c2[nH]1)C(=O)c1ccccc1C3=O. The fourth-order valence-electron chi connectivity index (χ4n) is 3.20. The molecule has 3 aromatic rings. The Morgan fingerprint density at radius 1 is 1.07 bits per heavy atom. The third-order valence-electron chi connectivity index (χ3n) is 4.52. The van der Waals surface area contributed by atoms with Crippen molar-refractivity contribution < 1.29 is 19.1 Å². The third-order valence-corrected chi connectivity index (χ3v) is 5.48. The number of hydrogen-bond acceptors (Lipinski definition) is 6. The molecule has 0 fully saturated rings. The maximum Gasteiger partial charge on any atom is 0.305 e. The molecule has 0 atom stereocenters. The summed E-state index contributed by atoms with van der Waals surface area (Å²) in [6.45, 7) is 0. The van der Waals surface area contributed by atoms with Crippen molar-refractivity contribution in [1.29, 1.82) is 0 Å². The number of esters is 1. The molecule has 1 aliphatic rings. The Labute approximate surface area is 159 Å². The van der Waals surface area contributed by atoms with Crippen molar-refractivity contribution in [2.75, 3.05) is 12.9 Å². The highest BCUT2D eigenvalue weighted by molar-refractivity contribution is 7.99. The van der Waals surface area contributed by atoms with E-state index in [9.17, 15) is 14.4 Å². The van der Waals surface area contributed by atoms with Gasteiger partial charge in [-0.1, -0.05) is 36.0 Å². The number of aromatic nitrogens is 2. The number of hydrogen-bond donors (Lipinski definition) is 1. The molecule has 1 N–H and O–H groups in total. The van der Waals surface area contributed by atoms with Gasteiger partial charge in [-0.05, 0) is 18.6 Å². The summed E-state index contributed by atoms with van der Waals surface area (Å²) in [6, 6.07) is 10.3. The molecule has 0 amide bonds. The van der Waals surface area contributed by atoms with Gasteiger partial charge in [-0.25, -0.2) is 4.98 Å². The van der Waals surface area contributed by atoms with E-state index in [1.165, 1.54) is 18.9 Å². The summed E-state index contributed by atoms with van der Waals surface area (Å²) in [6.07, 6.45) is 1.01. The largest absolute Gasteiger partial charge is 0.469 e. The lowest BCUT2D eigenvalue weighted by Crippen LogP contribution is -2.21. The zero-order chi connectivity index (χ0) is 19.0. The standard InChI is InChI=1S/C20H16N2O4S/c1-26-15(23)7-4-10-27-20-21-14-9-8-13-16(17(14)22-20)19(25)12-6-3-2-5-11(12)18(13)24/h2-3,5-6,8-9H,4,7,10H2,1H3,(H,21,22). The van der Waals surface area contributed by atoms with E-state index in [4.69, 9.17) is 0 Å². The first-order valence-corrected chi connectivity index (χ1v) is 9.49. The number of benzene rings is 2. The van der Waals surface area contributed by atoms with Crippen LogP contribution in [0.25, 0.3) is 11.0 Å². The van der Waals surface area contributed by atoms with E-state index in [1.807, 2.05) is 0 Å². The maximum atomic E-state index is 13.0. The van der Waals surface area contributed by atoms with Gasteiger partial charge in [-0.2, -0.15) is 0 Å². The van der Waals surface area contributed by atoms with E-state index in [2.05, 4.69) is 14.7 Å². The maximum absolute atomic E-state index is 13.0. The zero-order valence-electron chi connectivity index (χ0n) is 14.6. The van der Waals surface area contributed by atoms with Gasteiger partial charge in [0.2, 0.25) is 0 Å². The van der Waals surface area contributed by atoms with Crippen LogP contribution in [0.15, 0.2) is 41.6 Å². The molecule has 136 valence electrons. The number of ether oxygens (including phenoxy) is 1. The van der Waals surface area contributed by atoms with Gasteiger partial charge in [0.1, 0.15) is 0 Å². The molecule has 0 spiro atoms. The number of ketones is 2. The minimum Gasteiger partial charge on any atom is -0.469 e. The Kier molecular flexibility index (Phi) is 4.53. The number of nitrogens with zero attached hydrogens (tertiary/aromatic N) is 1. The van der Waals surface area contributed by atoms with Gasteiger partial charge in [0, 0.05) is 28.9 Å². The monoisotopic (exact) mass is 380 g/mol. The Morgan fingerprint density at radius 3 is 2.56 bits per heavy atom. The van der Waals surface area contributed by atoms with Crippen LogP contribution < -0.4 is 0 Å². The second-order valence-corrected chi connectivity index (χ2v) is 7.24. The van der Waals surface area contributed by atoms with E-state index in [0.717, 1.165) is 0 Å². The number of carbonyl (C=O) groups is 3. The van der Waals surface area contributed by atoms with Crippen molar-refractivity contribution in [2.45, 2.75) is 18.0 Å². The smallest absolute Gasteiger partial charge is 0.305 e. The number of fused-ring (bicyclic) bond motifs is 4. The molecular formula is C20H16N2O4S. The molecule has 0 radical (unpaired) electrons. The van der Waals surface area contributed by atoms with Gasteiger partial charge in [0.05, 0.1) is 23.7 Å². The first-order valence-electron chi connectivity index (χ1n) is 8.51. The predicted octanol–water partition coefficient (Wildman–Crippen LogP) is 3.38. The minimum absolute atomic E-state index is 0.149. The van der Waals surface area contributed by atoms with Crippen molar-refractivity contribution in [3.8, 4) is 0 Å². The Bertz CT molecular complexity index is 1090. The quantitative estimate of drug-likeness (QED) is 0.324. The summed E-state index contributed by atoms with van der Waals surface area (Å²) in [4.78, 5) is 44.6. The van der Waals surface area contributed by atoms with E-state index in [-0.39, 0.29) is 17.5 Å². The highest BCUT2D eigenvalue weighted by atomic mass is 32.2. The summed E-state index contributed by atoms with van der Waals surface area (Å²) in [7, 11) is 1.37. The lowest BCUT2D eigenvalue weighted by Gasteiger charge is -2.17. The number of nitrogens with one attached hydrogen (secondary N) is 1. The molecule has 1 heterocycles. The predicted molar refractivity (Wildman–Crippen MR) is 101 cm³/mol. The van der Waals surface area contributed by atoms with Gasteiger partial charge < -0.3 is 9.72 Å². The highest BCUT2D eigenvalue weighted by Gasteiger charge is 2.31. The van der Waals surface area contributed by atoms with Crippen LogP contribution in [0.1, 0.15) is 44.7 Å². The molecule has 0 saturated carbocycles. The first kappa shape index (κ1) is 17.5. The summed E-state index contributed by atoms with van der Waals surface area (Å²) < 4.78 is 4.62. The molecular weight excluding hydrogens is 364 g/mol. The molecule has 0 aliphatic heterocycles. The van der Waals surface area contributed by atoms with Gasteiger partial charge in [0.25, 0.3) is 0 Å². The lowest BCUT2D eigenvalue weighted by molar-refractivity contribution is -0.140. The van der Waals surface area contributed by atoms with Gasteiger partial charge in [0.15, 0.2) is 16.7 Å². The van der Waals surface area contributed by atoms with E-state index in [0.29, 0.717) is 57.0 Å². The lowest BCUT2D eigenvalue weighted by atomic mass is 9.83. The Balaban J connectivity index is 1.65. The fraction of sp³-hybridized carbons (Fsp3) is 0.200. The van der Waals surface area contributed by atoms with Crippen LogP contribution in [0.4, 0.5) is 0 Å². The second kappa shape index (κ2) is 7.00. The number of H-pyrrole nitrogens is 1. The van der Waals surface area contributed by atoms with Crippen LogP contribution in [0, 0.1) is 0 Å². The van der Waals surface area contributed by atoms with Crippen molar-refractivity contribution in [3.05, 3.63) is 58.7 Å². The number of aromatic amines is 1. The average Bonchev–Trinajstić information content (AvgIpc) is 3.11. The van der Waals surface area contributed by atoms with E-state index < -0.39 is 0 Å². The van der Waals surface area contributed by atoms with Crippen molar-refractivity contribution >= 4 is 40.3 Å². The van der Waals surface area contributed by atoms with Crippen LogP contribution in [0.2, 0.25) is 0 Å². The van der Waals surface area contributed by atoms with Crippen molar-refractivity contribution in [2.24, 2.45) is 0 Å². The molecule has 6 nitrogen and oxygen atoms in total. The number of imidazole rings is 1. The molecule has 27 heavy (non-hydrogen) atoms. The summed E-state index contributed by atoms with van der Waals surface area (Å²) in [5.74, 6) is 0.130. The molecule has 0 unspecified atom stereocenters. The first-order chi connectivity index (χ1) is 13.1. The molecule has 1 aromatic heterocycles. The summed E-state index contributed by atoms with van der Waals surface area (Å²) >= 11 is 1.47. The summed E-state index contributed by atoms with van der Waals surface area (Å²) in [5, 5.41) is 0.655. The average molecular weight is 380 g/mol. The summed E-state index contributed by atoms with van der Waals surface area (Å²) in [5.41, 5.74) is 2.86. The third kappa shape index (κ3) is 3.04. The normalized spacial score (nSPS) is 12.8. The molecule has 4 rings (SSSR count). The molecule has 7 heteroatoms. The number of methoxy groups -OCH3 is 1. The van der Waals surface area contributed by atoms with Crippen LogP contribution in [-0.2, 0) is 9.53 Å². The van der Waals surface area contributed by atoms with Crippen LogP contribution >= 0.6 is 11.8 Å². The topological polar surface area (TPSA) is 89.1 Å². The van der Waals surface area contributed by atoms with Gasteiger partial charge in [-0.15, -0.1) is 0 Å². The van der Waals surface area contributed by atoms with Crippen molar-refractivity contribution in [1.82, 2.24) is 9.97 Å². The second-order valence-electron chi connectivity index (χ2n) is 6.16. The number of thioether (sulfide) groups is 1. The fourth-order valence-corrected chi connectivity index (χ4v) is 4.01. The Morgan fingerprint density at radius 2 is 1.81 bits per heavy atom. The van der Waals surface area contributed by atoms with Gasteiger partial charge in [-0.3, -0.25) is 14.4 Å². The highest BCUT2D eigenvalue weighted by Crippen LogP contribution is 2.32. The zero-order valence-corrected chi connectivity index (χ0v) is 15.4. The van der Waals surface area contributed by atoms with Crippen LogP contribution in [-0.4, -0.2) is 40.4 Å². The molecule has 1 aliphatic carbocycles. The number of rotatable bonds is 5. The van der Waals surface area contributed by atoms with E-state index in [1.54, 1.807) is 36.4 Å². The van der Waals surface area contributed by atoms with Crippen molar-refractivity contribution in [3.63, 3.8) is 0 Å². The molecule has 2 aromatic carbocycles. The molecule has 0 saturated heterocycles. The Hall–Kier alpha value is -2.93. The molecule has 0 bridgehead atoms. The van der Waals surface area contributed by atoms with E-state index >= 15 is 0 Å². The van der Waals surface area contributed by atoms with Gasteiger partial charge >= 0.3 is 5.97 Å².